The Bertz CT molecular complexity index is 4490. The van der Waals surface area contributed by atoms with E-state index in [4.69, 9.17) is 9.97 Å². The lowest BCUT2D eigenvalue weighted by Crippen LogP contribution is -1.94. The number of thiophene rings is 3. The average Bonchev–Trinajstić information content (AvgIpc) is 4.13. The monoisotopic (exact) mass is 865 g/mol. The van der Waals surface area contributed by atoms with E-state index in [9.17, 15) is 0 Å². The highest BCUT2D eigenvalue weighted by Gasteiger charge is 2.24. The number of benzene rings is 10. The minimum atomic E-state index is 0.740. The fourth-order valence-corrected chi connectivity index (χ4v) is 14.2. The molecule has 0 bridgehead atoms. The van der Waals surface area contributed by atoms with Crippen LogP contribution < -0.4 is 0 Å². The van der Waals surface area contributed by atoms with Gasteiger partial charge in [-0.3, -0.25) is 0 Å². The molecule has 296 valence electrons. The Labute approximate surface area is 377 Å². The molecule has 0 unspecified atom stereocenters. The molecular weight excluding hydrogens is 835 g/mol. The second-order valence-electron chi connectivity index (χ2n) is 16.8. The zero-order valence-electron chi connectivity index (χ0n) is 34.0. The fourth-order valence-electron chi connectivity index (χ4n) is 10.6. The number of aromatic nitrogens is 3. The van der Waals surface area contributed by atoms with Gasteiger partial charge in [0.25, 0.3) is 0 Å². The quantitative estimate of drug-likeness (QED) is 0.166. The van der Waals surface area contributed by atoms with Crippen molar-refractivity contribution in [2.75, 3.05) is 0 Å². The highest BCUT2D eigenvalue weighted by molar-refractivity contribution is 7.28. The summed E-state index contributed by atoms with van der Waals surface area (Å²) in [5.41, 5.74) is 7.73. The zero-order chi connectivity index (χ0) is 41.6. The lowest BCUT2D eigenvalue weighted by molar-refractivity contribution is 1.19. The van der Waals surface area contributed by atoms with Crippen molar-refractivity contribution in [1.29, 1.82) is 0 Å². The second kappa shape index (κ2) is 13.0. The van der Waals surface area contributed by atoms with Gasteiger partial charge in [-0.15, -0.1) is 34.0 Å². The van der Waals surface area contributed by atoms with E-state index in [0.29, 0.717) is 0 Å². The lowest BCUT2D eigenvalue weighted by Gasteiger charge is -2.11. The molecule has 15 aromatic rings. The molecule has 6 heteroatoms. The Kier molecular flexibility index (Phi) is 7.14. The summed E-state index contributed by atoms with van der Waals surface area (Å²) in [6, 6.07) is 69.0. The summed E-state index contributed by atoms with van der Waals surface area (Å²) in [5, 5.41) is 16.5. The predicted molar refractivity (Wildman–Crippen MR) is 278 cm³/mol. The third kappa shape index (κ3) is 4.74. The summed E-state index contributed by atoms with van der Waals surface area (Å²) in [4.78, 5) is 10.9. The highest BCUT2D eigenvalue weighted by atomic mass is 32.1. The number of rotatable bonds is 3. The molecule has 0 aliphatic rings. The van der Waals surface area contributed by atoms with Gasteiger partial charge in [-0.2, -0.15) is 0 Å². The molecule has 0 saturated heterocycles. The Morgan fingerprint density at radius 3 is 1.72 bits per heavy atom. The number of para-hydroxylation sites is 1. The Balaban J connectivity index is 1.02. The Morgan fingerprint density at radius 1 is 0.344 bits per heavy atom. The van der Waals surface area contributed by atoms with Gasteiger partial charge in [-0.1, -0.05) is 146 Å². The van der Waals surface area contributed by atoms with Crippen molar-refractivity contribution >= 4 is 149 Å². The van der Waals surface area contributed by atoms with Crippen LogP contribution >= 0.6 is 34.0 Å². The summed E-state index contributed by atoms with van der Waals surface area (Å²) >= 11 is 5.59. The zero-order valence-corrected chi connectivity index (χ0v) is 36.4. The molecule has 0 fully saturated rings. The molecule has 0 radical (unpaired) electrons. The van der Waals surface area contributed by atoms with Gasteiger partial charge in [-0.25, -0.2) is 9.97 Å². The molecule has 10 aromatic carbocycles. The van der Waals surface area contributed by atoms with E-state index in [1.54, 1.807) is 0 Å². The van der Waals surface area contributed by atoms with Gasteiger partial charge in [-0.05, 0) is 64.0 Å². The third-order valence-electron chi connectivity index (χ3n) is 13.4. The number of nitrogens with zero attached hydrogens (tertiary/aromatic N) is 3. The van der Waals surface area contributed by atoms with Gasteiger partial charge in [0.15, 0.2) is 5.82 Å². The van der Waals surface area contributed by atoms with Crippen LogP contribution in [0.4, 0.5) is 0 Å². The van der Waals surface area contributed by atoms with E-state index >= 15 is 0 Å². The second-order valence-corrected chi connectivity index (χ2v) is 19.9. The maximum Gasteiger partial charge on any atom is 0.160 e. The largest absolute Gasteiger partial charge is 0.309 e. The van der Waals surface area contributed by atoms with E-state index in [1.165, 1.54) is 105 Å². The van der Waals surface area contributed by atoms with Crippen molar-refractivity contribution < 1.29 is 0 Å². The summed E-state index contributed by atoms with van der Waals surface area (Å²) in [6.07, 6.45) is 0. The van der Waals surface area contributed by atoms with Crippen molar-refractivity contribution in [3.63, 3.8) is 0 Å². The molecule has 64 heavy (non-hydrogen) atoms. The van der Waals surface area contributed by atoms with Crippen LogP contribution in [0.2, 0.25) is 0 Å². The molecule has 0 aliphatic carbocycles. The molecule has 3 nitrogen and oxygen atoms in total. The van der Waals surface area contributed by atoms with Gasteiger partial charge in [0.1, 0.15) is 0 Å². The van der Waals surface area contributed by atoms with E-state index < -0.39 is 0 Å². The predicted octanol–water partition coefficient (Wildman–Crippen LogP) is 17.5. The van der Waals surface area contributed by atoms with Gasteiger partial charge < -0.3 is 4.57 Å². The van der Waals surface area contributed by atoms with E-state index in [-0.39, 0.29) is 0 Å². The maximum atomic E-state index is 5.47. The molecule has 0 spiro atoms. The van der Waals surface area contributed by atoms with Gasteiger partial charge >= 0.3 is 0 Å². The van der Waals surface area contributed by atoms with Crippen molar-refractivity contribution in [2.45, 2.75) is 0 Å². The molecule has 0 saturated carbocycles. The summed E-state index contributed by atoms with van der Waals surface area (Å²) in [5.74, 6) is 0.740. The van der Waals surface area contributed by atoms with E-state index in [2.05, 4.69) is 193 Å². The van der Waals surface area contributed by atoms with Crippen LogP contribution in [-0.2, 0) is 0 Å². The molecule has 5 aromatic heterocycles. The summed E-state index contributed by atoms with van der Waals surface area (Å²) < 4.78 is 10.1. The normalized spacial score (nSPS) is 12.4. The van der Waals surface area contributed by atoms with Crippen LogP contribution in [0, 0.1) is 0 Å². The number of hydrogen-bond acceptors (Lipinski definition) is 5. The minimum Gasteiger partial charge on any atom is -0.309 e. The van der Waals surface area contributed by atoms with Crippen LogP contribution in [0.25, 0.3) is 143 Å². The van der Waals surface area contributed by atoms with Gasteiger partial charge in [0.2, 0.25) is 0 Å². The van der Waals surface area contributed by atoms with Crippen LogP contribution in [0.15, 0.2) is 188 Å². The SMILES string of the molecule is c1ccc(-c2nc(-c3ccc4sc5ccc(-n6c7ccccc7c7c8ccccc8c8sc9ccccc9c8c76)cc5c4c3)c3sc4c5ccccc5c5ccccc5c4c3n2)cc1. The third-order valence-corrected chi connectivity index (χ3v) is 16.9. The van der Waals surface area contributed by atoms with E-state index in [0.717, 1.165) is 38.5 Å². The molecule has 15 rings (SSSR count). The van der Waals surface area contributed by atoms with Gasteiger partial charge in [0.05, 0.1) is 26.9 Å². The first-order chi connectivity index (χ1) is 31.7. The minimum absolute atomic E-state index is 0.740. The van der Waals surface area contributed by atoms with Crippen LogP contribution in [0.1, 0.15) is 0 Å². The maximum absolute atomic E-state index is 5.47. The average molecular weight is 866 g/mol. The van der Waals surface area contributed by atoms with E-state index in [1.807, 2.05) is 34.0 Å². The summed E-state index contributed by atoms with van der Waals surface area (Å²) in [7, 11) is 0. The van der Waals surface area contributed by atoms with Crippen molar-refractivity contribution in [2.24, 2.45) is 0 Å². The lowest BCUT2D eigenvalue weighted by atomic mass is 9.98. The first-order valence-corrected chi connectivity index (χ1v) is 24.0. The first kappa shape index (κ1) is 35.0. The highest BCUT2D eigenvalue weighted by Crippen LogP contribution is 2.50. The first-order valence-electron chi connectivity index (χ1n) is 21.6. The smallest absolute Gasteiger partial charge is 0.160 e. The Hall–Kier alpha value is -7.48. The van der Waals surface area contributed by atoms with Crippen molar-refractivity contribution in [3.8, 4) is 28.3 Å². The molecular formula is C58H31N3S3. The number of fused-ring (bicyclic) bond motifs is 21. The van der Waals surface area contributed by atoms with Crippen LogP contribution in [0.5, 0.6) is 0 Å². The van der Waals surface area contributed by atoms with Gasteiger partial charge in [0, 0.05) is 88.8 Å². The molecule has 5 heterocycles. The summed E-state index contributed by atoms with van der Waals surface area (Å²) in [6.45, 7) is 0. The molecule has 0 N–H and O–H groups in total. The molecule has 0 atom stereocenters. The van der Waals surface area contributed by atoms with Crippen molar-refractivity contribution in [1.82, 2.24) is 14.5 Å². The molecule has 0 amide bonds. The molecule has 0 aliphatic heterocycles. The topological polar surface area (TPSA) is 30.7 Å². The Morgan fingerprint density at radius 2 is 0.922 bits per heavy atom. The van der Waals surface area contributed by atoms with Crippen LogP contribution in [0.3, 0.4) is 0 Å². The fraction of sp³-hybridized carbons (Fsp3) is 0. The van der Waals surface area contributed by atoms with Crippen LogP contribution in [-0.4, -0.2) is 14.5 Å². The van der Waals surface area contributed by atoms with Crippen molar-refractivity contribution in [3.05, 3.63) is 188 Å². The standard InChI is InChI=1S/C58H31N3S3/c1-2-14-32(15-3-1)58-59-52(57-53(60-58)50-37-18-6-4-16-35(37)36-17-5-8-20-39(36)55(50)64-57)33-26-28-47-43(30-33)44-31-34(27-29-48(44)62-47)61-45-24-12-10-22-41(45)49-38-19-7-9-21-40(38)56-51(54(49)61)42-23-11-13-25-46(42)63-56/h1-31H. The number of hydrogen-bond donors (Lipinski definition) is 0.